The molecule has 0 bridgehead atoms. The number of fused-ring (bicyclic) bond motifs is 1. The van der Waals surface area contributed by atoms with E-state index >= 15 is 0 Å². The number of carbonyl (C=O) groups excluding carboxylic acids is 4. The summed E-state index contributed by atoms with van der Waals surface area (Å²) in [6.07, 6.45) is 4.82. The summed E-state index contributed by atoms with van der Waals surface area (Å²) in [5, 5.41) is 0. The van der Waals surface area contributed by atoms with Crippen molar-refractivity contribution < 1.29 is 23.9 Å². The number of likely N-dealkylation sites (tertiary alicyclic amines) is 1. The van der Waals surface area contributed by atoms with E-state index in [9.17, 15) is 19.2 Å². The molecule has 1 fully saturated rings. The van der Waals surface area contributed by atoms with Gasteiger partial charge in [-0.1, -0.05) is 12.2 Å². The number of imide groups is 1. The molecular formula is C20H24N2O5. The van der Waals surface area contributed by atoms with Gasteiger partial charge in [0.1, 0.15) is 6.54 Å². The number of aromatic nitrogens is 1. The zero-order valence-corrected chi connectivity index (χ0v) is 15.9. The Kier molecular flexibility index (Phi) is 5.30. The fraction of sp³-hybridized carbons (Fsp3) is 0.500. The molecule has 2 heterocycles. The number of aryl methyl sites for hydroxylation is 1. The Labute approximate surface area is 158 Å². The summed E-state index contributed by atoms with van der Waals surface area (Å²) < 4.78 is 7.05. The maximum absolute atomic E-state index is 12.4. The third kappa shape index (κ3) is 3.46. The number of nitrogens with zero attached hydrogens (tertiary/aromatic N) is 2. The molecule has 1 aromatic heterocycles. The summed E-state index contributed by atoms with van der Waals surface area (Å²) in [5.41, 5.74) is 2.32. The van der Waals surface area contributed by atoms with Gasteiger partial charge < -0.3 is 9.30 Å². The molecule has 1 saturated heterocycles. The van der Waals surface area contributed by atoms with Gasteiger partial charge >= 0.3 is 5.97 Å². The second kappa shape index (κ2) is 7.50. The van der Waals surface area contributed by atoms with Crippen LogP contribution in [-0.4, -0.2) is 46.2 Å². The lowest BCUT2D eigenvalue weighted by Crippen LogP contribution is -2.37. The van der Waals surface area contributed by atoms with Gasteiger partial charge in [-0.05, 0) is 39.7 Å². The number of allylic oxidation sites excluding steroid dienone is 2. The number of ketones is 1. The first-order valence-electron chi connectivity index (χ1n) is 9.20. The molecule has 3 rings (SSSR count). The Hall–Kier alpha value is -2.70. The number of carbonyl (C=O) groups is 4. The van der Waals surface area contributed by atoms with Crippen LogP contribution in [0.25, 0.3) is 0 Å². The van der Waals surface area contributed by atoms with Crippen molar-refractivity contribution in [2.75, 3.05) is 13.2 Å². The molecule has 0 saturated carbocycles. The second-order valence-corrected chi connectivity index (χ2v) is 7.03. The number of esters is 1. The maximum atomic E-state index is 12.4. The third-order valence-electron chi connectivity index (χ3n) is 5.44. The highest BCUT2D eigenvalue weighted by molar-refractivity contribution is 6.07. The lowest BCUT2D eigenvalue weighted by molar-refractivity contribution is -0.152. The quantitative estimate of drug-likeness (QED) is 0.329. The van der Waals surface area contributed by atoms with Gasteiger partial charge in [0.05, 0.1) is 11.8 Å². The van der Waals surface area contributed by atoms with E-state index in [0.717, 1.165) is 22.8 Å². The van der Waals surface area contributed by atoms with Crippen LogP contribution in [0.5, 0.6) is 0 Å². The van der Waals surface area contributed by atoms with E-state index in [0.29, 0.717) is 18.4 Å². The minimum Gasteiger partial charge on any atom is -0.456 e. The van der Waals surface area contributed by atoms with Crippen LogP contribution in [0.3, 0.4) is 0 Å². The summed E-state index contributed by atoms with van der Waals surface area (Å²) >= 11 is 0. The number of ether oxygens (including phenoxy) is 1. The zero-order chi connectivity index (χ0) is 19.7. The number of Topliss-reactive ketones (excluding diaryl/α,β-unsaturated/α-hetero) is 1. The van der Waals surface area contributed by atoms with Crippen molar-refractivity contribution in [3.63, 3.8) is 0 Å². The summed E-state index contributed by atoms with van der Waals surface area (Å²) in [4.78, 5) is 50.2. The van der Waals surface area contributed by atoms with Crippen molar-refractivity contribution in [2.24, 2.45) is 11.8 Å². The van der Waals surface area contributed by atoms with Crippen molar-refractivity contribution in [2.45, 2.75) is 40.2 Å². The number of hydrogen-bond donors (Lipinski definition) is 0. The summed E-state index contributed by atoms with van der Waals surface area (Å²) in [6, 6.07) is 1.78. The molecule has 0 N–H and O–H groups in total. The van der Waals surface area contributed by atoms with Gasteiger partial charge in [-0.3, -0.25) is 24.1 Å². The van der Waals surface area contributed by atoms with E-state index in [1.54, 1.807) is 6.07 Å². The Balaban J connectivity index is 1.58. The van der Waals surface area contributed by atoms with Crippen molar-refractivity contribution in [3.8, 4) is 0 Å². The molecule has 0 aromatic carbocycles. The maximum Gasteiger partial charge on any atom is 0.326 e. The molecule has 2 atom stereocenters. The first kappa shape index (κ1) is 19.1. The van der Waals surface area contributed by atoms with Gasteiger partial charge in [0, 0.05) is 23.5 Å². The Morgan fingerprint density at radius 2 is 1.70 bits per heavy atom. The van der Waals surface area contributed by atoms with Crippen LogP contribution in [-0.2, 0) is 25.7 Å². The SMILES string of the molecule is CCn1c(C)cc(C(=O)COC(=O)CN2C(=O)C3CC=CCC3C2=O)c1C. The van der Waals surface area contributed by atoms with Crippen LogP contribution in [0.15, 0.2) is 18.2 Å². The highest BCUT2D eigenvalue weighted by atomic mass is 16.5. The van der Waals surface area contributed by atoms with Crippen LogP contribution >= 0.6 is 0 Å². The topological polar surface area (TPSA) is 85.7 Å². The predicted molar refractivity (Wildman–Crippen MR) is 96.9 cm³/mol. The van der Waals surface area contributed by atoms with E-state index in [2.05, 4.69) is 0 Å². The second-order valence-electron chi connectivity index (χ2n) is 7.03. The molecule has 2 amide bonds. The van der Waals surface area contributed by atoms with E-state index in [1.807, 2.05) is 37.5 Å². The average molecular weight is 372 g/mol. The molecule has 0 radical (unpaired) electrons. The number of rotatable bonds is 6. The molecule has 1 aromatic rings. The molecule has 0 spiro atoms. The minimum absolute atomic E-state index is 0.298. The zero-order valence-electron chi connectivity index (χ0n) is 15.9. The largest absolute Gasteiger partial charge is 0.456 e. The van der Waals surface area contributed by atoms with Crippen LogP contribution in [0.1, 0.15) is 41.5 Å². The van der Waals surface area contributed by atoms with Crippen molar-refractivity contribution in [1.82, 2.24) is 9.47 Å². The highest BCUT2D eigenvalue weighted by Gasteiger charge is 2.47. The first-order valence-corrected chi connectivity index (χ1v) is 9.20. The summed E-state index contributed by atoms with van der Waals surface area (Å²) in [5.74, 6) is -2.46. The normalized spacial score (nSPS) is 21.5. The van der Waals surface area contributed by atoms with Crippen LogP contribution in [0, 0.1) is 25.7 Å². The Morgan fingerprint density at radius 3 is 2.22 bits per heavy atom. The molecule has 2 aliphatic rings. The van der Waals surface area contributed by atoms with Gasteiger partial charge in [0.25, 0.3) is 0 Å². The van der Waals surface area contributed by atoms with Crippen molar-refractivity contribution in [3.05, 3.63) is 35.2 Å². The fourth-order valence-electron chi connectivity index (χ4n) is 3.99. The molecular weight excluding hydrogens is 348 g/mol. The summed E-state index contributed by atoms with van der Waals surface area (Å²) in [6.45, 7) is 5.66. The van der Waals surface area contributed by atoms with Gasteiger partial charge in [-0.25, -0.2) is 0 Å². The lowest BCUT2D eigenvalue weighted by Gasteiger charge is -2.14. The Bertz CT molecular complexity index is 810. The van der Waals surface area contributed by atoms with E-state index in [4.69, 9.17) is 4.74 Å². The monoisotopic (exact) mass is 372 g/mol. The molecule has 1 aliphatic heterocycles. The number of amides is 2. The smallest absolute Gasteiger partial charge is 0.326 e. The predicted octanol–water partition coefficient (Wildman–Crippen LogP) is 1.80. The van der Waals surface area contributed by atoms with Gasteiger partial charge in [-0.2, -0.15) is 0 Å². The molecule has 144 valence electrons. The minimum atomic E-state index is -0.749. The Morgan fingerprint density at radius 1 is 1.11 bits per heavy atom. The fourth-order valence-corrected chi connectivity index (χ4v) is 3.99. The van der Waals surface area contributed by atoms with Crippen molar-refractivity contribution >= 4 is 23.6 Å². The molecule has 7 heteroatoms. The van der Waals surface area contributed by atoms with Crippen LogP contribution < -0.4 is 0 Å². The van der Waals surface area contributed by atoms with Crippen LogP contribution in [0.4, 0.5) is 0 Å². The summed E-state index contributed by atoms with van der Waals surface area (Å²) in [7, 11) is 0. The lowest BCUT2D eigenvalue weighted by atomic mass is 9.85. The molecule has 1 aliphatic carbocycles. The van der Waals surface area contributed by atoms with Gasteiger partial charge in [-0.15, -0.1) is 0 Å². The average Bonchev–Trinajstić information content (AvgIpc) is 3.08. The molecule has 7 nitrogen and oxygen atoms in total. The standard InChI is InChI=1S/C20H24N2O5/c1-4-21-12(2)9-16(13(21)3)17(23)11-27-18(24)10-22-19(25)14-7-5-6-8-15(14)20(22)26/h5-6,9,14-15H,4,7-8,10-11H2,1-3H3. The van der Waals surface area contributed by atoms with E-state index < -0.39 is 19.1 Å². The molecule has 2 unspecified atom stereocenters. The van der Waals surface area contributed by atoms with E-state index in [-0.39, 0.29) is 29.4 Å². The third-order valence-corrected chi connectivity index (χ3v) is 5.44. The van der Waals surface area contributed by atoms with Crippen molar-refractivity contribution in [1.29, 1.82) is 0 Å². The number of hydrogen-bond acceptors (Lipinski definition) is 5. The first-order chi connectivity index (χ1) is 12.8. The van der Waals surface area contributed by atoms with Crippen LogP contribution in [0.2, 0.25) is 0 Å². The van der Waals surface area contributed by atoms with Gasteiger partial charge in [0.2, 0.25) is 17.6 Å². The van der Waals surface area contributed by atoms with Gasteiger partial charge in [0.15, 0.2) is 6.61 Å². The van der Waals surface area contributed by atoms with E-state index in [1.165, 1.54) is 0 Å². The highest BCUT2D eigenvalue weighted by Crippen LogP contribution is 2.34. The molecule has 27 heavy (non-hydrogen) atoms.